The van der Waals surface area contributed by atoms with E-state index in [-0.39, 0.29) is 5.75 Å². The summed E-state index contributed by atoms with van der Waals surface area (Å²) < 4.78 is 0. The van der Waals surface area contributed by atoms with Gasteiger partial charge in [-0.05, 0) is 43.3 Å². The number of hydrogen-bond donors (Lipinski definition) is 3. The molecule has 0 aliphatic rings. The van der Waals surface area contributed by atoms with Gasteiger partial charge >= 0.3 is 0 Å². The number of aromatic hydroxyl groups is 1. The number of primary amides is 1. The zero-order valence-electron chi connectivity index (χ0n) is 13.0. The number of benzene rings is 1. The Hall–Kier alpha value is -2.91. The third-order valence-corrected chi connectivity index (χ3v) is 3.41. The highest BCUT2D eigenvalue weighted by atomic mass is 16.3. The monoisotopic (exact) mass is 310 g/mol. The van der Waals surface area contributed by atoms with E-state index in [0.29, 0.717) is 29.1 Å². The first-order valence-electron chi connectivity index (χ1n) is 7.14. The van der Waals surface area contributed by atoms with Crippen molar-refractivity contribution in [2.24, 2.45) is 5.73 Å². The first kappa shape index (κ1) is 16.5. The van der Waals surface area contributed by atoms with Crippen LogP contribution in [0.5, 0.6) is 5.75 Å². The lowest BCUT2D eigenvalue weighted by Crippen LogP contribution is -2.34. The van der Waals surface area contributed by atoms with E-state index in [0.717, 1.165) is 5.56 Å². The van der Waals surface area contributed by atoms with Crippen LogP contribution in [0.25, 0.3) is 11.3 Å². The van der Waals surface area contributed by atoms with E-state index in [1.807, 2.05) is 13.8 Å². The Morgan fingerprint density at radius 3 is 2.70 bits per heavy atom. The topological polar surface area (TPSA) is 101 Å². The second-order valence-electron chi connectivity index (χ2n) is 5.07. The number of nitrogens with zero attached hydrogens (tertiary/aromatic N) is 2. The Kier molecular flexibility index (Phi) is 4.94. The molecule has 6 heteroatoms. The molecule has 2 rings (SSSR count). The highest BCUT2D eigenvalue weighted by Gasteiger charge is 2.20. The maximum absolute atomic E-state index is 11.5. The third kappa shape index (κ3) is 3.47. The van der Waals surface area contributed by atoms with Crippen molar-refractivity contribution in [1.82, 2.24) is 15.5 Å². The number of terminal acetylenes is 1. The highest BCUT2D eigenvalue weighted by molar-refractivity contribution is 5.81. The van der Waals surface area contributed by atoms with Crippen LogP contribution in [-0.4, -0.2) is 27.8 Å². The van der Waals surface area contributed by atoms with Gasteiger partial charge in [0.25, 0.3) is 0 Å². The predicted molar refractivity (Wildman–Crippen MR) is 87.4 cm³/mol. The molecule has 1 aromatic carbocycles. The van der Waals surface area contributed by atoms with Crippen LogP contribution < -0.4 is 11.1 Å². The smallest absolute Gasteiger partial charge is 0.240 e. The molecule has 6 nitrogen and oxygen atoms in total. The molecule has 118 valence electrons. The van der Waals surface area contributed by atoms with Crippen molar-refractivity contribution in [1.29, 1.82) is 0 Å². The molecule has 1 unspecified atom stereocenters. The molecular weight excluding hydrogens is 292 g/mol. The quantitative estimate of drug-likeness (QED) is 0.722. The van der Waals surface area contributed by atoms with Crippen molar-refractivity contribution in [2.45, 2.75) is 19.9 Å². The number of rotatable bonds is 5. The summed E-state index contributed by atoms with van der Waals surface area (Å²) in [7, 11) is 0. The normalized spacial score (nSPS) is 11.7. The Morgan fingerprint density at radius 1 is 1.43 bits per heavy atom. The molecule has 0 aliphatic carbocycles. The van der Waals surface area contributed by atoms with Crippen LogP contribution >= 0.6 is 0 Å². The van der Waals surface area contributed by atoms with Gasteiger partial charge < -0.3 is 16.2 Å². The van der Waals surface area contributed by atoms with E-state index in [1.54, 1.807) is 18.2 Å². The number of hydrogen-bond acceptors (Lipinski definition) is 5. The highest BCUT2D eigenvalue weighted by Crippen LogP contribution is 2.30. The van der Waals surface area contributed by atoms with Gasteiger partial charge in [0.05, 0.1) is 11.4 Å². The first-order valence-corrected chi connectivity index (χ1v) is 7.14. The van der Waals surface area contributed by atoms with E-state index < -0.39 is 11.9 Å². The molecule has 2 aromatic rings. The van der Waals surface area contributed by atoms with Crippen molar-refractivity contribution in [2.75, 3.05) is 6.54 Å². The van der Waals surface area contributed by atoms with Gasteiger partial charge in [-0.15, -0.1) is 11.5 Å². The van der Waals surface area contributed by atoms with Gasteiger partial charge in [-0.25, -0.2) is 0 Å². The largest absolute Gasteiger partial charge is 0.507 e. The Morgan fingerprint density at radius 2 is 2.17 bits per heavy atom. The van der Waals surface area contributed by atoms with Crippen molar-refractivity contribution in [3.8, 4) is 29.4 Å². The molecule has 23 heavy (non-hydrogen) atoms. The van der Waals surface area contributed by atoms with E-state index in [1.165, 1.54) is 6.07 Å². The second kappa shape index (κ2) is 6.90. The summed E-state index contributed by atoms with van der Waals surface area (Å²) in [6, 6.07) is 5.94. The van der Waals surface area contributed by atoms with Crippen LogP contribution in [0.3, 0.4) is 0 Å². The van der Waals surface area contributed by atoms with E-state index >= 15 is 0 Å². The number of nitrogens with two attached hydrogens (primary N) is 1. The van der Waals surface area contributed by atoms with Gasteiger partial charge in [0, 0.05) is 11.1 Å². The lowest BCUT2D eigenvalue weighted by atomic mass is 10.0. The van der Waals surface area contributed by atoms with E-state index in [4.69, 9.17) is 12.2 Å². The average Bonchev–Trinajstić information content (AvgIpc) is 2.52. The van der Waals surface area contributed by atoms with E-state index in [2.05, 4.69) is 21.4 Å². The van der Waals surface area contributed by atoms with Crippen molar-refractivity contribution in [3.05, 3.63) is 41.1 Å². The molecule has 1 heterocycles. The van der Waals surface area contributed by atoms with Crippen molar-refractivity contribution >= 4 is 5.91 Å². The number of amides is 1. The number of phenolic OH excluding ortho intramolecular Hbond substituents is 1. The first-order chi connectivity index (χ1) is 11.0. The zero-order valence-corrected chi connectivity index (χ0v) is 13.0. The number of aryl methyl sites for hydroxylation is 1. The lowest BCUT2D eigenvalue weighted by molar-refractivity contribution is -0.120. The number of likely N-dealkylation sites (N-methyl/N-ethyl adjacent to an activating group) is 1. The summed E-state index contributed by atoms with van der Waals surface area (Å²) in [6.07, 6.45) is 5.31. The van der Waals surface area contributed by atoms with Crippen LogP contribution in [0.2, 0.25) is 0 Å². The molecule has 0 fully saturated rings. The van der Waals surface area contributed by atoms with Crippen LogP contribution in [0.15, 0.2) is 24.3 Å². The van der Waals surface area contributed by atoms with Gasteiger partial charge in [0.15, 0.2) is 0 Å². The fourth-order valence-electron chi connectivity index (χ4n) is 2.29. The van der Waals surface area contributed by atoms with Crippen LogP contribution in [0.1, 0.15) is 29.8 Å². The van der Waals surface area contributed by atoms with E-state index in [9.17, 15) is 9.90 Å². The fraction of sp³-hybridized carbons (Fsp3) is 0.235. The minimum absolute atomic E-state index is 0.0312. The molecule has 0 saturated heterocycles. The predicted octanol–water partition coefficient (Wildman–Crippen LogP) is 1.27. The molecule has 0 radical (unpaired) electrons. The Balaban J connectivity index is 2.44. The number of carbonyl (C=O) groups is 1. The zero-order chi connectivity index (χ0) is 17.0. The molecule has 0 aliphatic heterocycles. The van der Waals surface area contributed by atoms with Crippen LogP contribution in [-0.2, 0) is 4.79 Å². The minimum Gasteiger partial charge on any atom is -0.507 e. The summed E-state index contributed by atoms with van der Waals surface area (Å²) in [6.45, 7) is 4.27. The van der Waals surface area contributed by atoms with Crippen molar-refractivity contribution in [3.63, 3.8) is 0 Å². The summed E-state index contributed by atoms with van der Waals surface area (Å²) in [5.41, 5.74) is 8.22. The SMILES string of the molecule is C#Cc1ccc(-c2nnc(C(NCC)C(N)=O)cc2C)c(O)c1. The fourth-order valence-corrected chi connectivity index (χ4v) is 2.29. The summed E-state index contributed by atoms with van der Waals surface area (Å²) in [5.74, 6) is 1.97. The molecule has 1 atom stereocenters. The molecule has 4 N–H and O–H groups in total. The standard InChI is InChI=1S/C17H18N4O2/c1-4-11-6-7-12(14(22)9-11)15-10(3)8-13(20-21-15)16(17(18)23)19-5-2/h1,6-9,16,19,22H,5H2,2-3H3,(H2,18,23). The summed E-state index contributed by atoms with van der Waals surface area (Å²) in [4.78, 5) is 11.5. The van der Waals surface area contributed by atoms with Gasteiger partial charge in [0.1, 0.15) is 11.8 Å². The second-order valence-corrected chi connectivity index (χ2v) is 5.07. The maximum atomic E-state index is 11.5. The van der Waals surface area contributed by atoms with Crippen LogP contribution in [0, 0.1) is 19.3 Å². The molecule has 1 aromatic heterocycles. The van der Waals surface area contributed by atoms with Gasteiger partial charge in [-0.1, -0.05) is 12.8 Å². The van der Waals surface area contributed by atoms with Gasteiger partial charge in [-0.3, -0.25) is 4.79 Å². The number of carbonyl (C=O) groups excluding carboxylic acids is 1. The number of nitrogens with one attached hydrogen (secondary N) is 1. The lowest BCUT2D eigenvalue weighted by Gasteiger charge is -2.15. The molecule has 0 spiro atoms. The molecule has 0 bridgehead atoms. The summed E-state index contributed by atoms with van der Waals surface area (Å²) >= 11 is 0. The number of aromatic nitrogens is 2. The molecular formula is C17H18N4O2. The van der Waals surface area contributed by atoms with Crippen LogP contribution in [0.4, 0.5) is 0 Å². The third-order valence-electron chi connectivity index (χ3n) is 3.41. The molecule has 1 amide bonds. The summed E-state index contributed by atoms with van der Waals surface area (Å²) in [5, 5.41) is 21.3. The molecule has 0 saturated carbocycles. The average molecular weight is 310 g/mol. The van der Waals surface area contributed by atoms with Gasteiger partial charge in [0.2, 0.25) is 5.91 Å². The Bertz CT molecular complexity index is 781. The Labute approximate surface area is 134 Å². The van der Waals surface area contributed by atoms with Gasteiger partial charge in [-0.2, -0.15) is 5.10 Å². The van der Waals surface area contributed by atoms with Crippen molar-refractivity contribution < 1.29 is 9.90 Å². The minimum atomic E-state index is -0.697. The maximum Gasteiger partial charge on any atom is 0.240 e. The number of phenols is 1.